The molecule has 1 atom stereocenters. The van der Waals surface area contributed by atoms with Crippen LogP contribution in [0.1, 0.15) is 6.92 Å². The van der Waals surface area contributed by atoms with Gasteiger partial charge in [-0.3, -0.25) is 4.79 Å². The summed E-state index contributed by atoms with van der Waals surface area (Å²) in [6.45, 7) is 4.58. The van der Waals surface area contributed by atoms with E-state index in [4.69, 9.17) is 16.3 Å². The summed E-state index contributed by atoms with van der Waals surface area (Å²) < 4.78 is 5.75. The van der Waals surface area contributed by atoms with E-state index >= 15 is 0 Å². The van der Waals surface area contributed by atoms with Gasteiger partial charge in [-0.05, 0) is 43.3 Å². The normalized spacial score (nSPS) is 15.8. The summed E-state index contributed by atoms with van der Waals surface area (Å²) in [5, 5.41) is 1.60. The summed E-state index contributed by atoms with van der Waals surface area (Å²) >= 11 is 7.47. The van der Waals surface area contributed by atoms with E-state index in [-0.39, 0.29) is 5.91 Å². The molecule has 1 fully saturated rings. The highest BCUT2D eigenvalue weighted by molar-refractivity contribution is 7.21. The number of hydrogen-bond donors (Lipinski definition) is 0. The van der Waals surface area contributed by atoms with Crippen LogP contribution in [0.4, 0.5) is 5.13 Å². The van der Waals surface area contributed by atoms with Crippen molar-refractivity contribution in [2.24, 2.45) is 0 Å². The number of fused-ring (bicyclic) bond motifs is 1. The van der Waals surface area contributed by atoms with Crippen LogP contribution in [0.2, 0.25) is 5.02 Å². The van der Waals surface area contributed by atoms with E-state index in [9.17, 15) is 4.79 Å². The number of carbonyl (C=O) groups excluding carboxylic acids is 1. The third-order valence-electron chi connectivity index (χ3n) is 4.49. The number of ether oxygens (including phenoxy) is 1. The molecule has 0 spiro atoms. The summed E-state index contributed by atoms with van der Waals surface area (Å²) in [5.41, 5.74) is 0.918. The molecule has 2 aromatic heterocycles. The molecule has 1 saturated heterocycles. The van der Waals surface area contributed by atoms with Crippen molar-refractivity contribution in [2.45, 2.75) is 13.0 Å². The lowest BCUT2D eigenvalue weighted by Gasteiger charge is -2.35. The molecule has 0 N–H and O–H groups in total. The number of anilines is 1. The zero-order valence-electron chi connectivity index (χ0n) is 14.8. The number of rotatable bonds is 4. The van der Waals surface area contributed by atoms with Crippen LogP contribution in [0.3, 0.4) is 0 Å². The molecular formula is C19H19ClN4O2S. The summed E-state index contributed by atoms with van der Waals surface area (Å²) in [6.07, 6.45) is 1.24. The molecule has 1 aliphatic rings. The summed E-state index contributed by atoms with van der Waals surface area (Å²) in [5.74, 6) is 0.636. The van der Waals surface area contributed by atoms with Crippen molar-refractivity contribution in [3.8, 4) is 5.75 Å². The number of thiazole rings is 1. The summed E-state index contributed by atoms with van der Waals surface area (Å²) in [6, 6.07) is 10.9. The number of halogens is 1. The fourth-order valence-electron chi connectivity index (χ4n) is 3.04. The molecule has 0 radical (unpaired) electrons. The minimum Gasteiger partial charge on any atom is -0.481 e. The molecule has 1 unspecified atom stereocenters. The van der Waals surface area contributed by atoms with E-state index in [2.05, 4.69) is 14.9 Å². The quantitative estimate of drug-likeness (QED) is 0.668. The third-order valence-corrected chi connectivity index (χ3v) is 5.78. The smallest absolute Gasteiger partial charge is 0.263 e. The van der Waals surface area contributed by atoms with Gasteiger partial charge in [-0.2, -0.15) is 0 Å². The summed E-state index contributed by atoms with van der Waals surface area (Å²) in [7, 11) is 0. The Morgan fingerprint density at radius 3 is 2.63 bits per heavy atom. The molecule has 140 valence electrons. The van der Waals surface area contributed by atoms with E-state index < -0.39 is 6.10 Å². The first-order chi connectivity index (χ1) is 13.1. The van der Waals surface area contributed by atoms with Gasteiger partial charge in [0.25, 0.3) is 5.91 Å². The number of hydrogen-bond acceptors (Lipinski definition) is 6. The second-order valence-corrected chi connectivity index (χ2v) is 7.74. The van der Waals surface area contributed by atoms with E-state index in [1.54, 1.807) is 48.7 Å². The van der Waals surface area contributed by atoms with Gasteiger partial charge >= 0.3 is 0 Å². The Morgan fingerprint density at radius 1 is 1.19 bits per heavy atom. The van der Waals surface area contributed by atoms with Crippen LogP contribution in [-0.4, -0.2) is 53.1 Å². The monoisotopic (exact) mass is 402 g/mol. The Bertz CT molecular complexity index is 905. The van der Waals surface area contributed by atoms with Crippen molar-refractivity contribution in [3.63, 3.8) is 0 Å². The third kappa shape index (κ3) is 3.99. The highest BCUT2D eigenvalue weighted by Gasteiger charge is 2.27. The van der Waals surface area contributed by atoms with Gasteiger partial charge < -0.3 is 14.5 Å². The zero-order chi connectivity index (χ0) is 18.8. The molecule has 1 aliphatic heterocycles. The predicted octanol–water partition coefficient (Wildman–Crippen LogP) is 3.46. The van der Waals surface area contributed by atoms with Crippen LogP contribution in [0.25, 0.3) is 10.3 Å². The maximum atomic E-state index is 12.7. The van der Waals surface area contributed by atoms with Crippen LogP contribution in [0, 0.1) is 0 Å². The number of pyridine rings is 1. The van der Waals surface area contributed by atoms with E-state index in [1.165, 1.54) is 0 Å². The van der Waals surface area contributed by atoms with Crippen molar-refractivity contribution in [1.82, 2.24) is 14.9 Å². The first kappa shape index (κ1) is 18.0. The van der Waals surface area contributed by atoms with Crippen LogP contribution in [-0.2, 0) is 4.79 Å². The van der Waals surface area contributed by atoms with Gasteiger partial charge in [-0.1, -0.05) is 22.9 Å². The van der Waals surface area contributed by atoms with Crippen molar-refractivity contribution < 1.29 is 9.53 Å². The van der Waals surface area contributed by atoms with Gasteiger partial charge in [0.05, 0.1) is 0 Å². The molecule has 0 bridgehead atoms. The van der Waals surface area contributed by atoms with Gasteiger partial charge in [0.1, 0.15) is 16.1 Å². The maximum absolute atomic E-state index is 12.7. The Hall–Kier alpha value is -2.38. The Labute approximate surface area is 166 Å². The lowest BCUT2D eigenvalue weighted by atomic mass is 10.2. The lowest BCUT2D eigenvalue weighted by Crippen LogP contribution is -2.52. The number of amides is 1. The van der Waals surface area contributed by atoms with E-state index in [1.807, 2.05) is 17.0 Å². The highest BCUT2D eigenvalue weighted by atomic mass is 35.5. The van der Waals surface area contributed by atoms with Crippen LogP contribution in [0.15, 0.2) is 42.6 Å². The minimum absolute atomic E-state index is 0.00411. The first-order valence-corrected chi connectivity index (χ1v) is 9.97. The molecule has 3 heterocycles. The molecule has 1 aromatic carbocycles. The predicted molar refractivity (Wildman–Crippen MR) is 108 cm³/mol. The molecule has 8 heteroatoms. The topological polar surface area (TPSA) is 58.6 Å². The first-order valence-electron chi connectivity index (χ1n) is 8.78. The van der Waals surface area contributed by atoms with Crippen LogP contribution < -0.4 is 9.64 Å². The van der Waals surface area contributed by atoms with E-state index in [0.717, 1.165) is 28.6 Å². The number of benzene rings is 1. The molecule has 0 saturated carbocycles. The molecule has 1 amide bonds. The number of piperazine rings is 1. The lowest BCUT2D eigenvalue weighted by molar-refractivity contribution is -0.138. The average molecular weight is 403 g/mol. The van der Waals surface area contributed by atoms with Crippen LogP contribution >= 0.6 is 22.9 Å². The molecular weight excluding hydrogens is 384 g/mol. The van der Waals surface area contributed by atoms with Crippen molar-refractivity contribution in [1.29, 1.82) is 0 Å². The zero-order valence-corrected chi connectivity index (χ0v) is 16.4. The maximum Gasteiger partial charge on any atom is 0.263 e. The second-order valence-electron chi connectivity index (χ2n) is 6.35. The van der Waals surface area contributed by atoms with Gasteiger partial charge in [-0.25, -0.2) is 9.97 Å². The SMILES string of the molecule is CC(Oc1ccc(Cl)cc1)C(=O)N1CCN(c2nc3cccnc3s2)CC1. The molecule has 3 aromatic rings. The van der Waals surface area contributed by atoms with E-state index in [0.29, 0.717) is 23.9 Å². The molecule has 4 rings (SSSR count). The number of aromatic nitrogens is 2. The van der Waals surface area contributed by atoms with Crippen molar-refractivity contribution >= 4 is 44.3 Å². The molecule has 27 heavy (non-hydrogen) atoms. The Balaban J connectivity index is 1.35. The van der Waals surface area contributed by atoms with Crippen molar-refractivity contribution in [3.05, 3.63) is 47.6 Å². The minimum atomic E-state index is -0.538. The van der Waals surface area contributed by atoms with Gasteiger partial charge in [-0.15, -0.1) is 0 Å². The second kappa shape index (κ2) is 7.70. The van der Waals surface area contributed by atoms with Crippen LogP contribution in [0.5, 0.6) is 5.75 Å². The molecule has 6 nitrogen and oxygen atoms in total. The summed E-state index contributed by atoms with van der Waals surface area (Å²) in [4.78, 5) is 26.7. The van der Waals surface area contributed by atoms with Crippen molar-refractivity contribution in [2.75, 3.05) is 31.1 Å². The number of nitrogens with zero attached hydrogens (tertiary/aromatic N) is 4. The highest BCUT2D eigenvalue weighted by Crippen LogP contribution is 2.27. The van der Waals surface area contributed by atoms with Gasteiger partial charge in [0.15, 0.2) is 11.2 Å². The molecule has 0 aliphatic carbocycles. The largest absolute Gasteiger partial charge is 0.481 e. The number of carbonyl (C=O) groups is 1. The fraction of sp³-hybridized carbons (Fsp3) is 0.316. The standard InChI is InChI=1S/C19H19ClN4O2S/c1-13(26-15-6-4-14(20)5-7-15)18(25)23-9-11-24(12-10-23)19-22-16-3-2-8-21-17(16)27-19/h2-8,13H,9-12H2,1H3. The average Bonchev–Trinajstić information content (AvgIpc) is 3.13. The van der Waals surface area contributed by atoms with Gasteiger partial charge in [0.2, 0.25) is 0 Å². The Morgan fingerprint density at radius 2 is 1.93 bits per heavy atom. The Kier molecular flexibility index (Phi) is 5.13. The van der Waals surface area contributed by atoms with Gasteiger partial charge in [0, 0.05) is 37.4 Å². The fourth-order valence-corrected chi connectivity index (χ4v) is 4.12.